The van der Waals surface area contributed by atoms with Crippen molar-refractivity contribution < 1.29 is 23.0 Å². The average molecular weight is 408 g/mol. The molecule has 0 saturated carbocycles. The number of nitrogens with zero attached hydrogens (tertiary/aromatic N) is 5. The Balaban J connectivity index is 1.82. The molecule has 2 aliphatic heterocycles. The monoisotopic (exact) mass is 408 g/mol. The van der Waals surface area contributed by atoms with Crippen molar-refractivity contribution in [2.75, 3.05) is 30.5 Å². The number of anilines is 2. The van der Waals surface area contributed by atoms with Crippen molar-refractivity contribution in [2.24, 2.45) is 0 Å². The number of rotatable bonds is 5. The van der Waals surface area contributed by atoms with Crippen molar-refractivity contribution >= 4 is 11.8 Å². The van der Waals surface area contributed by atoms with E-state index in [1.807, 2.05) is 18.7 Å². The highest BCUT2D eigenvalue weighted by Gasteiger charge is 2.31. The molecule has 3 atom stereocenters. The molecule has 2 aromatic heterocycles. The number of hydrogen-bond donors (Lipinski definition) is 1. The van der Waals surface area contributed by atoms with Crippen LogP contribution in [0.15, 0.2) is 12.3 Å². The Labute approximate surface area is 166 Å². The molecule has 4 heterocycles. The standard InChI is InChI=1S/C18H22F2N6O3/c1-9-7-27-8-10(2)26(9)17-23-16(24-18(25-17)29-12-4-6-28-12)13-11(14(19)20)3-5-22-15(13)21/h3,5,9-10,12,14H,4,6-8H2,1-2H3,(H2,21,22)/t9-,10+,12?. The molecule has 0 bridgehead atoms. The largest absolute Gasteiger partial charge is 0.433 e. The third kappa shape index (κ3) is 3.92. The second-order valence-electron chi connectivity index (χ2n) is 7.05. The van der Waals surface area contributed by atoms with Gasteiger partial charge in [-0.3, -0.25) is 0 Å². The van der Waals surface area contributed by atoms with E-state index in [9.17, 15) is 8.78 Å². The number of halogens is 2. The van der Waals surface area contributed by atoms with Gasteiger partial charge in [0.2, 0.25) is 12.2 Å². The molecule has 2 aliphatic rings. The molecule has 0 spiro atoms. The number of ether oxygens (including phenoxy) is 3. The van der Waals surface area contributed by atoms with Gasteiger partial charge in [0.1, 0.15) is 5.82 Å². The van der Waals surface area contributed by atoms with Crippen molar-refractivity contribution in [3.05, 3.63) is 17.8 Å². The Bertz CT molecular complexity index is 873. The van der Waals surface area contributed by atoms with Gasteiger partial charge in [-0.25, -0.2) is 13.8 Å². The summed E-state index contributed by atoms with van der Waals surface area (Å²) in [7, 11) is 0. The molecule has 2 saturated heterocycles. The molecule has 0 aromatic carbocycles. The van der Waals surface area contributed by atoms with Gasteiger partial charge in [-0.15, -0.1) is 0 Å². The van der Waals surface area contributed by atoms with E-state index >= 15 is 0 Å². The Morgan fingerprint density at radius 1 is 1.21 bits per heavy atom. The van der Waals surface area contributed by atoms with Crippen molar-refractivity contribution in [3.63, 3.8) is 0 Å². The summed E-state index contributed by atoms with van der Waals surface area (Å²) < 4.78 is 43.7. The van der Waals surface area contributed by atoms with Crippen LogP contribution in [-0.2, 0) is 9.47 Å². The van der Waals surface area contributed by atoms with E-state index in [0.717, 1.165) is 0 Å². The first-order valence-electron chi connectivity index (χ1n) is 9.37. The fraction of sp³-hybridized carbons (Fsp3) is 0.556. The zero-order valence-electron chi connectivity index (χ0n) is 16.1. The number of nitrogens with two attached hydrogens (primary N) is 1. The van der Waals surface area contributed by atoms with Crippen LogP contribution >= 0.6 is 0 Å². The third-order valence-corrected chi connectivity index (χ3v) is 4.87. The van der Waals surface area contributed by atoms with E-state index in [4.69, 9.17) is 19.9 Å². The van der Waals surface area contributed by atoms with Crippen LogP contribution in [0.3, 0.4) is 0 Å². The molecule has 2 fully saturated rings. The number of hydrogen-bond acceptors (Lipinski definition) is 9. The smallest absolute Gasteiger partial charge is 0.324 e. The molecule has 2 aromatic rings. The molecule has 0 aliphatic carbocycles. The molecule has 2 N–H and O–H groups in total. The maximum atomic E-state index is 13.6. The summed E-state index contributed by atoms with van der Waals surface area (Å²) in [5, 5.41) is 0. The molecule has 11 heteroatoms. The number of nitrogen functional groups attached to an aromatic ring is 1. The SMILES string of the molecule is C[C@@H]1COC[C@H](C)N1c1nc(OC2CCO2)nc(-c2c(C(F)F)ccnc2N)n1. The topological polar surface area (TPSA) is 109 Å². The number of alkyl halides is 2. The van der Waals surface area contributed by atoms with Gasteiger partial charge in [-0.1, -0.05) is 0 Å². The highest BCUT2D eigenvalue weighted by atomic mass is 19.3. The number of aromatic nitrogens is 4. The van der Waals surface area contributed by atoms with Crippen LogP contribution in [0, 0.1) is 0 Å². The van der Waals surface area contributed by atoms with Crippen LogP contribution in [0.5, 0.6) is 6.01 Å². The zero-order valence-corrected chi connectivity index (χ0v) is 16.1. The summed E-state index contributed by atoms with van der Waals surface area (Å²) in [5.41, 5.74) is 5.59. The Hall–Kier alpha value is -2.66. The first-order chi connectivity index (χ1) is 13.9. The van der Waals surface area contributed by atoms with E-state index in [2.05, 4.69) is 19.9 Å². The summed E-state index contributed by atoms with van der Waals surface area (Å²) in [5.74, 6) is 0.195. The summed E-state index contributed by atoms with van der Waals surface area (Å²) >= 11 is 0. The Kier molecular flexibility index (Phi) is 5.41. The minimum absolute atomic E-state index is 0.0101. The highest BCUT2D eigenvalue weighted by Crippen LogP contribution is 2.34. The molecule has 156 valence electrons. The van der Waals surface area contributed by atoms with Gasteiger partial charge >= 0.3 is 6.01 Å². The predicted octanol–water partition coefficient (Wildman–Crippen LogP) is 2.19. The molecule has 0 amide bonds. The van der Waals surface area contributed by atoms with Gasteiger partial charge in [0.05, 0.1) is 37.5 Å². The maximum absolute atomic E-state index is 13.6. The first kappa shape index (κ1) is 19.6. The number of morpholine rings is 1. The van der Waals surface area contributed by atoms with Crippen LogP contribution in [0.25, 0.3) is 11.4 Å². The quantitative estimate of drug-likeness (QED) is 0.796. The van der Waals surface area contributed by atoms with Crippen molar-refractivity contribution in [2.45, 2.75) is 45.1 Å². The molecule has 4 rings (SSSR count). The Morgan fingerprint density at radius 3 is 2.55 bits per heavy atom. The number of pyridine rings is 1. The van der Waals surface area contributed by atoms with Gasteiger partial charge in [0.25, 0.3) is 6.43 Å². The second-order valence-corrected chi connectivity index (χ2v) is 7.05. The van der Waals surface area contributed by atoms with Gasteiger partial charge in [-0.05, 0) is 19.9 Å². The van der Waals surface area contributed by atoms with Gasteiger partial charge in [-0.2, -0.15) is 15.0 Å². The van der Waals surface area contributed by atoms with E-state index in [-0.39, 0.29) is 40.9 Å². The van der Waals surface area contributed by atoms with Crippen molar-refractivity contribution in [3.8, 4) is 17.4 Å². The van der Waals surface area contributed by atoms with E-state index in [1.165, 1.54) is 12.3 Å². The lowest BCUT2D eigenvalue weighted by atomic mass is 10.1. The van der Waals surface area contributed by atoms with E-state index < -0.39 is 12.7 Å². The van der Waals surface area contributed by atoms with Gasteiger partial charge < -0.3 is 24.8 Å². The third-order valence-electron chi connectivity index (χ3n) is 4.87. The lowest BCUT2D eigenvalue weighted by Gasteiger charge is -2.38. The minimum Gasteiger partial charge on any atom is -0.433 e. The summed E-state index contributed by atoms with van der Waals surface area (Å²) in [4.78, 5) is 19.0. The summed E-state index contributed by atoms with van der Waals surface area (Å²) in [6.45, 7) is 5.50. The fourth-order valence-corrected chi connectivity index (χ4v) is 3.37. The van der Waals surface area contributed by atoms with Crippen molar-refractivity contribution in [1.29, 1.82) is 0 Å². The first-order valence-corrected chi connectivity index (χ1v) is 9.37. The van der Waals surface area contributed by atoms with E-state index in [1.54, 1.807) is 0 Å². The molecular formula is C18H22F2N6O3. The fourth-order valence-electron chi connectivity index (χ4n) is 3.37. The summed E-state index contributed by atoms with van der Waals surface area (Å²) in [6, 6.07) is 1.14. The molecule has 29 heavy (non-hydrogen) atoms. The Morgan fingerprint density at radius 2 is 1.93 bits per heavy atom. The van der Waals surface area contributed by atoms with Gasteiger partial charge in [0, 0.05) is 18.2 Å². The van der Waals surface area contributed by atoms with E-state index in [0.29, 0.717) is 32.2 Å². The molecule has 9 nitrogen and oxygen atoms in total. The lowest BCUT2D eigenvalue weighted by Crippen LogP contribution is -2.50. The van der Waals surface area contributed by atoms with Crippen LogP contribution in [-0.4, -0.2) is 58.1 Å². The average Bonchev–Trinajstić information content (AvgIpc) is 2.64. The van der Waals surface area contributed by atoms with Crippen LogP contribution in [0.1, 0.15) is 32.3 Å². The van der Waals surface area contributed by atoms with Crippen molar-refractivity contribution in [1.82, 2.24) is 19.9 Å². The van der Waals surface area contributed by atoms with Gasteiger partial charge in [0.15, 0.2) is 5.82 Å². The second kappa shape index (κ2) is 7.99. The predicted molar refractivity (Wildman–Crippen MR) is 99.6 cm³/mol. The normalized spacial score (nSPS) is 24.4. The maximum Gasteiger partial charge on any atom is 0.324 e. The minimum atomic E-state index is -2.77. The van der Waals surface area contributed by atoms with Crippen LogP contribution in [0.4, 0.5) is 20.5 Å². The van der Waals surface area contributed by atoms with Crippen LogP contribution in [0.2, 0.25) is 0 Å². The summed E-state index contributed by atoms with van der Waals surface area (Å²) in [6.07, 6.45) is -1.32. The van der Waals surface area contributed by atoms with Crippen LogP contribution < -0.4 is 15.4 Å². The molecule has 0 radical (unpaired) electrons. The molecule has 1 unspecified atom stereocenters. The molecular weight excluding hydrogens is 386 g/mol. The lowest BCUT2D eigenvalue weighted by molar-refractivity contribution is -0.168. The zero-order chi connectivity index (χ0) is 20.5. The highest BCUT2D eigenvalue weighted by molar-refractivity contribution is 5.73.